The number of amides is 1. The zero-order chi connectivity index (χ0) is 19.7. The highest BCUT2D eigenvalue weighted by Crippen LogP contribution is 2.41. The molecule has 0 atom stereocenters. The molecule has 1 saturated heterocycles. The molecule has 1 aliphatic rings. The van der Waals surface area contributed by atoms with E-state index in [4.69, 9.17) is 21.7 Å². The van der Waals surface area contributed by atoms with Crippen LogP contribution in [0.1, 0.15) is 5.56 Å². The van der Waals surface area contributed by atoms with Crippen LogP contribution < -0.4 is 14.8 Å². The Morgan fingerprint density at radius 1 is 1.00 bits per heavy atom. The average Bonchev–Trinajstić information content (AvgIpc) is 3.03. The van der Waals surface area contributed by atoms with Crippen molar-refractivity contribution < 1.29 is 14.3 Å². The summed E-state index contributed by atoms with van der Waals surface area (Å²) in [4.78, 5) is 12.6. The number of ether oxygens (including phenoxy) is 2. The number of fused-ring (bicyclic) bond motifs is 1. The van der Waals surface area contributed by atoms with E-state index in [1.807, 2.05) is 30.3 Å². The predicted molar refractivity (Wildman–Crippen MR) is 119 cm³/mol. The first-order valence-electron chi connectivity index (χ1n) is 8.59. The second-order valence-electron chi connectivity index (χ2n) is 6.22. The third-order valence-corrected chi connectivity index (χ3v) is 5.66. The zero-order valence-corrected chi connectivity index (χ0v) is 16.9. The van der Waals surface area contributed by atoms with E-state index < -0.39 is 0 Å². The molecule has 6 heteroatoms. The van der Waals surface area contributed by atoms with Crippen molar-refractivity contribution in [2.45, 2.75) is 0 Å². The molecule has 3 aromatic carbocycles. The van der Waals surface area contributed by atoms with E-state index in [1.165, 1.54) is 17.1 Å². The standard InChI is InChI=1S/C22H17NO3S2/c1-25-18-10-13(11-19-21(24)23-22(27)28-19)9-17(20(18)26-2)16-8-7-14-5-3-4-6-15(14)12-16/h3-12H,1-2H3,(H,23,24,27). The van der Waals surface area contributed by atoms with Gasteiger partial charge in [-0.25, -0.2) is 0 Å². The van der Waals surface area contributed by atoms with E-state index in [1.54, 1.807) is 14.2 Å². The highest BCUT2D eigenvalue weighted by molar-refractivity contribution is 8.26. The number of benzene rings is 3. The summed E-state index contributed by atoms with van der Waals surface area (Å²) < 4.78 is 11.7. The molecule has 0 unspecified atom stereocenters. The molecule has 1 amide bonds. The molecule has 0 aliphatic carbocycles. The van der Waals surface area contributed by atoms with Gasteiger partial charge >= 0.3 is 0 Å². The number of methoxy groups -OCH3 is 2. The Hall–Kier alpha value is -2.83. The zero-order valence-electron chi connectivity index (χ0n) is 15.3. The summed E-state index contributed by atoms with van der Waals surface area (Å²) in [5.41, 5.74) is 2.74. The maximum atomic E-state index is 12.0. The van der Waals surface area contributed by atoms with Crippen molar-refractivity contribution in [3.63, 3.8) is 0 Å². The molecular formula is C22H17NO3S2. The number of hydrogen-bond acceptors (Lipinski definition) is 5. The summed E-state index contributed by atoms with van der Waals surface area (Å²) in [6, 6.07) is 18.3. The van der Waals surface area contributed by atoms with Crippen LogP contribution in [0.4, 0.5) is 0 Å². The summed E-state index contributed by atoms with van der Waals surface area (Å²) >= 11 is 6.33. The highest BCUT2D eigenvalue weighted by Gasteiger charge is 2.23. The number of thiocarbonyl (C=S) groups is 1. The smallest absolute Gasteiger partial charge is 0.263 e. The molecule has 1 heterocycles. The number of carbonyl (C=O) groups is 1. The topological polar surface area (TPSA) is 47.6 Å². The van der Waals surface area contributed by atoms with E-state index in [9.17, 15) is 4.79 Å². The van der Waals surface area contributed by atoms with Crippen LogP contribution in [0.3, 0.4) is 0 Å². The van der Waals surface area contributed by atoms with Gasteiger partial charge in [0.1, 0.15) is 4.32 Å². The molecule has 0 aromatic heterocycles. The summed E-state index contributed by atoms with van der Waals surface area (Å²) in [5.74, 6) is 1.07. The fraction of sp³-hybridized carbons (Fsp3) is 0.0909. The molecule has 0 bridgehead atoms. The van der Waals surface area contributed by atoms with Gasteiger partial charge in [-0.2, -0.15) is 0 Å². The molecular weight excluding hydrogens is 390 g/mol. The van der Waals surface area contributed by atoms with Crippen molar-refractivity contribution in [1.29, 1.82) is 0 Å². The predicted octanol–water partition coefficient (Wildman–Crippen LogP) is 5.01. The minimum atomic E-state index is -0.183. The van der Waals surface area contributed by atoms with Crippen LogP contribution >= 0.6 is 24.0 Å². The molecule has 4 rings (SSSR count). The Bertz CT molecular complexity index is 1140. The fourth-order valence-electron chi connectivity index (χ4n) is 3.21. The van der Waals surface area contributed by atoms with Crippen LogP contribution in [-0.4, -0.2) is 24.4 Å². The average molecular weight is 408 g/mol. The first-order chi connectivity index (χ1) is 13.6. The van der Waals surface area contributed by atoms with Crippen molar-refractivity contribution >= 4 is 51.1 Å². The number of nitrogens with one attached hydrogen (secondary N) is 1. The lowest BCUT2D eigenvalue weighted by molar-refractivity contribution is -0.115. The van der Waals surface area contributed by atoms with Gasteiger partial charge in [0.05, 0.1) is 19.1 Å². The monoisotopic (exact) mass is 407 g/mol. The third-order valence-electron chi connectivity index (χ3n) is 4.50. The lowest BCUT2D eigenvalue weighted by Crippen LogP contribution is -2.17. The van der Waals surface area contributed by atoms with Gasteiger partial charge in [-0.1, -0.05) is 60.4 Å². The van der Waals surface area contributed by atoms with Gasteiger partial charge in [0.15, 0.2) is 11.5 Å². The normalized spacial score (nSPS) is 15.1. The van der Waals surface area contributed by atoms with Crippen molar-refractivity contribution in [2.24, 2.45) is 0 Å². The van der Waals surface area contributed by atoms with E-state index in [0.29, 0.717) is 20.7 Å². The van der Waals surface area contributed by atoms with E-state index in [0.717, 1.165) is 22.1 Å². The molecule has 1 aliphatic heterocycles. The van der Waals surface area contributed by atoms with E-state index in [2.05, 4.69) is 35.6 Å². The summed E-state index contributed by atoms with van der Waals surface area (Å²) in [6.07, 6.45) is 1.81. The minimum Gasteiger partial charge on any atom is -0.493 e. The third kappa shape index (κ3) is 3.48. The second kappa shape index (κ2) is 7.66. The molecule has 1 fully saturated rings. The van der Waals surface area contributed by atoms with Crippen molar-refractivity contribution in [3.05, 3.63) is 65.1 Å². The number of thioether (sulfide) groups is 1. The molecule has 1 N–H and O–H groups in total. The molecule has 0 spiro atoms. The molecule has 140 valence electrons. The quantitative estimate of drug-likeness (QED) is 0.486. The van der Waals surface area contributed by atoms with Gasteiger partial charge in [0.2, 0.25) is 0 Å². The summed E-state index contributed by atoms with van der Waals surface area (Å²) in [7, 11) is 3.23. The molecule has 4 nitrogen and oxygen atoms in total. The Labute approximate surface area is 172 Å². The maximum absolute atomic E-state index is 12.0. The first-order valence-corrected chi connectivity index (χ1v) is 9.81. The lowest BCUT2D eigenvalue weighted by atomic mass is 9.98. The maximum Gasteiger partial charge on any atom is 0.263 e. The fourth-order valence-corrected chi connectivity index (χ4v) is 4.26. The van der Waals surface area contributed by atoms with Crippen LogP contribution in [0.2, 0.25) is 0 Å². The molecule has 0 saturated carbocycles. The van der Waals surface area contributed by atoms with Crippen molar-refractivity contribution in [2.75, 3.05) is 14.2 Å². The van der Waals surface area contributed by atoms with Gasteiger partial charge in [0, 0.05) is 5.56 Å². The van der Waals surface area contributed by atoms with Crippen LogP contribution in [0, 0.1) is 0 Å². The van der Waals surface area contributed by atoms with Crippen molar-refractivity contribution in [3.8, 4) is 22.6 Å². The van der Waals surface area contributed by atoms with Crippen molar-refractivity contribution in [1.82, 2.24) is 5.32 Å². The number of carbonyl (C=O) groups excluding carboxylic acids is 1. The molecule has 3 aromatic rings. The van der Waals surface area contributed by atoms with E-state index >= 15 is 0 Å². The van der Waals surface area contributed by atoms with E-state index in [-0.39, 0.29) is 5.91 Å². The summed E-state index contributed by atoms with van der Waals surface area (Å²) in [6.45, 7) is 0. The lowest BCUT2D eigenvalue weighted by Gasteiger charge is -2.15. The van der Waals surface area contributed by atoms with Gasteiger partial charge in [-0.15, -0.1) is 0 Å². The first kappa shape index (κ1) is 18.5. The molecule has 0 radical (unpaired) electrons. The highest BCUT2D eigenvalue weighted by atomic mass is 32.2. The Balaban J connectivity index is 1.88. The minimum absolute atomic E-state index is 0.183. The van der Waals surface area contributed by atoms with Crippen LogP contribution in [-0.2, 0) is 4.79 Å². The number of rotatable bonds is 4. The Morgan fingerprint density at radius 2 is 1.79 bits per heavy atom. The van der Waals surface area contributed by atoms with Crippen LogP contribution in [0.15, 0.2) is 59.5 Å². The van der Waals surface area contributed by atoms with Crippen LogP contribution in [0.5, 0.6) is 11.5 Å². The van der Waals surface area contributed by atoms with Gasteiger partial charge in [0.25, 0.3) is 5.91 Å². The van der Waals surface area contributed by atoms with Gasteiger partial charge in [-0.05, 0) is 46.2 Å². The Morgan fingerprint density at radius 3 is 2.46 bits per heavy atom. The second-order valence-corrected chi connectivity index (χ2v) is 7.94. The van der Waals surface area contributed by atoms with Gasteiger partial charge in [-0.3, -0.25) is 4.79 Å². The van der Waals surface area contributed by atoms with Crippen LogP contribution in [0.25, 0.3) is 28.0 Å². The Kier molecular flexibility index (Phi) is 5.07. The SMILES string of the molecule is COc1cc(C=C2SC(=S)NC2=O)cc(-c2ccc3ccccc3c2)c1OC. The number of hydrogen-bond donors (Lipinski definition) is 1. The molecule has 28 heavy (non-hydrogen) atoms. The van der Waals surface area contributed by atoms with Gasteiger partial charge < -0.3 is 14.8 Å². The summed E-state index contributed by atoms with van der Waals surface area (Å²) in [5, 5.41) is 4.95. The largest absolute Gasteiger partial charge is 0.493 e.